The van der Waals surface area contributed by atoms with Gasteiger partial charge in [0.2, 0.25) is 0 Å². The fraction of sp³-hybridized carbons (Fsp3) is 0.190. The number of hydrogen-bond acceptors (Lipinski definition) is 5. The van der Waals surface area contributed by atoms with E-state index >= 15 is 0 Å². The Morgan fingerprint density at radius 1 is 0.963 bits per heavy atom. The molecule has 0 bridgehead atoms. The Hall–Kier alpha value is -2.44. The molecular formula is C21H20N4S2. The first-order valence-corrected chi connectivity index (χ1v) is 10.7. The number of aryl methyl sites for hydroxylation is 1. The number of aromatic nitrogens is 4. The zero-order valence-electron chi connectivity index (χ0n) is 15.3. The lowest BCUT2D eigenvalue weighted by Crippen LogP contribution is -1.99. The van der Waals surface area contributed by atoms with Crippen molar-refractivity contribution in [2.45, 2.75) is 31.3 Å². The second-order valence-corrected chi connectivity index (χ2v) is 8.02. The molecule has 2 heterocycles. The molecule has 2 aromatic heterocycles. The van der Waals surface area contributed by atoms with Crippen LogP contribution >= 0.6 is 23.1 Å². The summed E-state index contributed by atoms with van der Waals surface area (Å²) in [5.41, 5.74) is 4.60. The number of rotatable bonds is 6. The fourth-order valence-electron chi connectivity index (χ4n) is 2.82. The van der Waals surface area contributed by atoms with Gasteiger partial charge in [-0.15, -0.1) is 21.5 Å². The van der Waals surface area contributed by atoms with E-state index in [0.29, 0.717) is 0 Å². The lowest BCUT2D eigenvalue weighted by Gasteiger charge is -2.06. The van der Waals surface area contributed by atoms with Gasteiger partial charge in [0.25, 0.3) is 0 Å². The van der Waals surface area contributed by atoms with Crippen LogP contribution in [0.2, 0.25) is 0 Å². The van der Waals surface area contributed by atoms with Crippen LogP contribution in [0.5, 0.6) is 0 Å². The highest BCUT2D eigenvalue weighted by Gasteiger charge is 2.14. The second-order valence-electron chi connectivity index (χ2n) is 6.22. The van der Waals surface area contributed by atoms with Crippen molar-refractivity contribution in [1.82, 2.24) is 19.7 Å². The topological polar surface area (TPSA) is 43.6 Å². The van der Waals surface area contributed by atoms with Gasteiger partial charge in [0.15, 0.2) is 11.0 Å². The SMILES string of the molecule is CCn1c(SCc2csc(-c3ccc(C)cc3)n2)nnc1-c1ccccc1. The van der Waals surface area contributed by atoms with Crippen LogP contribution in [0.1, 0.15) is 18.2 Å². The Morgan fingerprint density at radius 3 is 2.48 bits per heavy atom. The van der Waals surface area contributed by atoms with Gasteiger partial charge in [-0.2, -0.15) is 0 Å². The molecule has 0 saturated heterocycles. The summed E-state index contributed by atoms with van der Waals surface area (Å²) in [5, 5.41) is 12.9. The molecule has 4 nitrogen and oxygen atoms in total. The Morgan fingerprint density at radius 2 is 1.74 bits per heavy atom. The molecule has 4 aromatic rings. The summed E-state index contributed by atoms with van der Waals surface area (Å²) in [6, 6.07) is 18.7. The molecule has 0 amide bonds. The van der Waals surface area contributed by atoms with Crippen LogP contribution < -0.4 is 0 Å². The van der Waals surface area contributed by atoms with Crippen LogP contribution in [0, 0.1) is 6.92 Å². The van der Waals surface area contributed by atoms with Crippen molar-refractivity contribution in [2.75, 3.05) is 0 Å². The highest BCUT2D eigenvalue weighted by Crippen LogP contribution is 2.29. The van der Waals surface area contributed by atoms with Gasteiger partial charge in [0.05, 0.1) is 5.69 Å². The zero-order valence-corrected chi connectivity index (χ0v) is 16.9. The molecule has 0 radical (unpaired) electrons. The maximum atomic E-state index is 4.79. The normalized spacial score (nSPS) is 11.0. The molecule has 0 aliphatic rings. The third kappa shape index (κ3) is 3.96. The smallest absolute Gasteiger partial charge is 0.191 e. The number of thiazole rings is 1. The van der Waals surface area contributed by atoms with E-state index in [0.717, 1.165) is 39.5 Å². The molecule has 6 heteroatoms. The van der Waals surface area contributed by atoms with Crippen LogP contribution in [0.4, 0.5) is 0 Å². The maximum Gasteiger partial charge on any atom is 0.191 e. The van der Waals surface area contributed by atoms with E-state index in [2.05, 4.69) is 70.4 Å². The van der Waals surface area contributed by atoms with E-state index in [1.807, 2.05) is 18.2 Å². The van der Waals surface area contributed by atoms with Gasteiger partial charge < -0.3 is 4.57 Å². The monoisotopic (exact) mass is 392 g/mol. The van der Waals surface area contributed by atoms with Gasteiger partial charge in [0, 0.05) is 28.8 Å². The Bertz CT molecular complexity index is 1020. The first-order chi connectivity index (χ1) is 13.2. The predicted molar refractivity (Wildman–Crippen MR) is 113 cm³/mol. The molecular weight excluding hydrogens is 372 g/mol. The molecule has 0 spiro atoms. The van der Waals surface area contributed by atoms with Gasteiger partial charge in [-0.25, -0.2) is 4.98 Å². The Kier molecular flexibility index (Phi) is 5.36. The molecule has 0 unspecified atom stereocenters. The minimum atomic E-state index is 0.787. The van der Waals surface area contributed by atoms with Crippen molar-refractivity contribution in [1.29, 1.82) is 0 Å². The Labute approximate surface area is 167 Å². The van der Waals surface area contributed by atoms with Crippen molar-refractivity contribution in [3.63, 3.8) is 0 Å². The summed E-state index contributed by atoms with van der Waals surface area (Å²) in [6.45, 7) is 5.06. The van der Waals surface area contributed by atoms with Crippen LogP contribution in [0.25, 0.3) is 22.0 Å². The molecule has 0 atom stereocenters. The lowest BCUT2D eigenvalue weighted by molar-refractivity contribution is 0.687. The number of thioether (sulfide) groups is 1. The van der Waals surface area contributed by atoms with Gasteiger partial charge in [0.1, 0.15) is 5.01 Å². The van der Waals surface area contributed by atoms with E-state index < -0.39 is 0 Å². The average molecular weight is 393 g/mol. The lowest BCUT2D eigenvalue weighted by atomic mass is 10.2. The zero-order chi connectivity index (χ0) is 18.6. The first kappa shape index (κ1) is 17.9. The molecule has 0 saturated carbocycles. The standard InChI is InChI=1S/C21H20N4S2/c1-3-25-19(16-7-5-4-6-8-16)23-24-21(25)27-14-18-13-26-20(22-18)17-11-9-15(2)10-12-17/h4-13H,3,14H2,1-2H3. The quantitative estimate of drug-likeness (QED) is 0.395. The van der Waals surface area contributed by atoms with Crippen molar-refractivity contribution in [3.8, 4) is 22.0 Å². The summed E-state index contributed by atoms with van der Waals surface area (Å²) in [6.07, 6.45) is 0. The summed E-state index contributed by atoms with van der Waals surface area (Å²) in [4.78, 5) is 4.79. The highest BCUT2D eigenvalue weighted by molar-refractivity contribution is 7.98. The van der Waals surface area contributed by atoms with E-state index in [-0.39, 0.29) is 0 Å². The van der Waals surface area contributed by atoms with E-state index in [1.165, 1.54) is 11.1 Å². The molecule has 0 N–H and O–H groups in total. The molecule has 2 aromatic carbocycles. The molecule has 4 rings (SSSR count). The summed E-state index contributed by atoms with van der Waals surface area (Å²) in [7, 11) is 0. The minimum absolute atomic E-state index is 0.787. The molecule has 0 fully saturated rings. The van der Waals surface area contributed by atoms with Crippen molar-refractivity contribution < 1.29 is 0 Å². The third-order valence-corrected chi connectivity index (χ3v) is 6.20. The van der Waals surface area contributed by atoms with Gasteiger partial charge in [-0.3, -0.25) is 0 Å². The predicted octanol–water partition coefficient (Wildman–Crippen LogP) is 5.69. The van der Waals surface area contributed by atoms with Crippen LogP contribution in [-0.2, 0) is 12.3 Å². The van der Waals surface area contributed by atoms with Gasteiger partial charge in [-0.1, -0.05) is 71.9 Å². The van der Waals surface area contributed by atoms with E-state index in [4.69, 9.17) is 4.98 Å². The van der Waals surface area contributed by atoms with E-state index in [1.54, 1.807) is 23.1 Å². The minimum Gasteiger partial charge on any atom is -0.302 e. The average Bonchev–Trinajstić information content (AvgIpc) is 3.34. The maximum absolute atomic E-state index is 4.79. The Balaban J connectivity index is 1.50. The van der Waals surface area contributed by atoms with Gasteiger partial charge >= 0.3 is 0 Å². The number of benzene rings is 2. The molecule has 0 aliphatic heterocycles. The highest BCUT2D eigenvalue weighted by atomic mass is 32.2. The van der Waals surface area contributed by atoms with E-state index in [9.17, 15) is 0 Å². The largest absolute Gasteiger partial charge is 0.302 e. The summed E-state index contributed by atoms with van der Waals surface area (Å²) in [5.74, 6) is 1.70. The number of hydrogen-bond donors (Lipinski definition) is 0. The van der Waals surface area contributed by atoms with Crippen LogP contribution in [0.15, 0.2) is 65.1 Å². The summed E-state index contributed by atoms with van der Waals surface area (Å²) >= 11 is 3.37. The number of nitrogens with zero attached hydrogens (tertiary/aromatic N) is 4. The van der Waals surface area contributed by atoms with Crippen molar-refractivity contribution in [2.24, 2.45) is 0 Å². The molecule has 27 heavy (non-hydrogen) atoms. The van der Waals surface area contributed by atoms with Crippen molar-refractivity contribution >= 4 is 23.1 Å². The van der Waals surface area contributed by atoms with Crippen molar-refractivity contribution in [3.05, 3.63) is 71.2 Å². The first-order valence-electron chi connectivity index (χ1n) is 8.87. The summed E-state index contributed by atoms with van der Waals surface area (Å²) < 4.78 is 2.16. The van der Waals surface area contributed by atoms with Crippen LogP contribution in [0.3, 0.4) is 0 Å². The van der Waals surface area contributed by atoms with Gasteiger partial charge in [-0.05, 0) is 13.8 Å². The molecule has 136 valence electrons. The second kappa shape index (κ2) is 8.06. The van der Waals surface area contributed by atoms with Crippen LogP contribution in [-0.4, -0.2) is 19.7 Å². The molecule has 0 aliphatic carbocycles. The third-order valence-electron chi connectivity index (χ3n) is 4.26. The fourth-order valence-corrected chi connectivity index (χ4v) is 4.65.